The zero-order valence-electron chi connectivity index (χ0n) is 11.6. The normalized spacial score (nSPS) is 12.7. The summed E-state index contributed by atoms with van der Waals surface area (Å²) in [4.78, 5) is 2.39. The Morgan fingerprint density at radius 2 is 1.94 bits per heavy atom. The molecule has 0 spiro atoms. The van der Waals surface area contributed by atoms with Crippen LogP contribution in [0, 0.1) is 0 Å². The fourth-order valence-corrected chi connectivity index (χ4v) is 2.13. The lowest BCUT2D eigenvalue weighted by Gasteiger charge is -2.23. The summed E-state index contributed by atoms with van der Waals surface area (Å²) in [6.07, 6.45) is 0.971. The third-order valence-electron chi connectivity index (χ3n) is 3.34. The Labute approximate surface area is 110 Å². The maximum Gasteiger partial charge on any atom is 0.123 e. The third kappa shape index (κ3) is 3.98. The number of nitrogens with two attached hydrogens (primary N) is 1. The average molecular weight is 251 g/mol. The molecule has 0 aliphatic heterocycles. The van der Waals surface area contributed by atoms with E-state index in [-0.39, 0.29) is 6.04 Å². The van der Waals surface area contributed by atoms with Gasteiger partial charge in [-0.3, -0.25) is 11.3 Å². The molecule has 4 nitrogen and oxygen atoms in total. The fourth-order valence-electron chi connectivity index (χ4n) is 2.13. The average Bonchev–Trinajstić information content (AvgIpc) is 2.44. The number of rotatable bonds is 8. The van der Waals surface area contributed by atoms with E-state index in [1.54, 1.807) is 7.11 Å². The predicted molar refractivity (Wildman–Crippen MR) is 75.5 cm³/mol. The summed E-state index contributed by atoms with van der Waals surface area (Å²) >= 11 is 0. The van der Waals surface area contributed by atoms with Crippen LogP contribution in [0.15, 0.2) is 24.3 Å². The molecule has 3 N–H and O–H groups in total. The molecule has 0 radical (unpaired) electrons. The van der Waals surface area contributed by atoms with Crippen molar-refractivity contribution in [2.45, 2.75) is 26.3 Å². The van der Waals surface area contributed by atoms with Crippen LogP contribution in [-0.4, -0.2) is 31.6 Å². The third-order valence-corrected chi connectivity index (χ3v) is 3.34. The molecule has 1 aromatic carbocycles. The van der Waals surface area contributed by atoms with E-state index in [0.29, 0.717) is 0 Å². The Morgan fingerprint density at radius 3 is 2.50 bits per heavy atom. The Kier molecular flexibility index (Phi) is 6.72. The summed E-state index contributed by atoms with van der Waals surface area (Å²) in [7, 11) is 1.69. The number of hydrogen-bond acceptors (Lipinski definition) is 4. The molecule has 1 rings (SSSR count). The minimum atomic E-state index is 0.127. The van der Waals surface area contributed by atoms with E-state index in [9.17, 15) is 0 Å². The van der Waals surface area contributed by atoms with E-state index in [1.807, 2.05) is 18.2 Å². The van der Waals surface area contributed by atoms with E-state index in [1.165, 1.54) is 0 Å². The van der Waals surface area contributed by atoms with Crippen LogP contribution in [0.2, 0.25) is 0 Å². The first-order valence-corrected chi connectivity index (χ1v) is 6.58. The van der Waals surface area contributed by atoms with Crippen LogP contribution in [0.1, 0.15) is 31.9 Å². The number of methoxy groups -OCH3 is 1. The van der Waals surface area contributed by atoms with Gasteiger partial charge in [0.05, 0.1) is 13.2 Å². The summed E-state index contributed by atoms with van der Waals surface area (Å²) in [5, 5.41) is 0. The van der Waals surface area contributed by atoms with Gasteiger partial charge in [0.25, 0.3) is 0 Å². The van der Waals surface area contributed by atoms with Gasteiger partial charge in [0.2, 0.25) is 0 Å². The highest BCUT2D eigenvalue weighted by Crippen LogP contribution is 2.26. The molecule has 0 amide bonds. The zero-order valence-corrected chi connectivity index (χ0v) is 11.6. The summed E-state index contributed by atoms with van der Waals surface area (Å²) in [5.74, 6) is 6.56. The van der Waals surface area contributed by atoms with Crippen LogP contribution in [0.25, 0.3) is 0 Å². The predicted octanol–water partition coefficient (Wildman–Crippen LogP) is 1.93. The van der Waals surface area contributed by atoms with E-state index < -0.39 is 0 Å². The lowest BCUT2D eigenvalue weighted by atomic mass is 10.0. The van der Waals surface area contributed by atoms with Gasteiger partial charge in [-0.2, -0.15) is 0 Å². The number of ether oxygens (including phenoxy) is 1. The van der Waals surface area contributed by atoms with Crippen molar-refractivity contribution in [1.82, 2.24) is 10.3 Å². The van der Waals surface area contributed by atoms with Gasteiger partial charge in [-0.1, -0.05) is 32.0 Å². The smallest absolute Gasteiger partial charge is 0.123 e. The zero-order chi connectivity index (χ0) is 13.4. The molecule has 0 saturated carbocycles. The van der Waals surface area contributed by atoms with Crippen molar-refractivity contribution in [2.24, 2.45) is 5.84 Å². The van der Waals surface area contributed by atoms with Gasteiger partial charge in [-0.05, 0) is 32.1 Å². The van der Waals surface area contributed by atoms with Gasteiger partial charge in [0.1, 0.15) is 5.75 Å². The molecule has 0 aromatic heterocycles. The molecule has 1 unspecified atom stereocenters. The monoisotopic (exact) mass is 251 g/mol. The highest BCUT2D eigenvalue weighted by Gasteiger charge is 2.15. The van der Waals surface area contributed by atoms with Crippen LogP contribution in [0.4, 0.5) is 0 Å². The fraction of sp³-hybridized carbons (Fsp3) is 0.571. The van der Waals surface area contributed by atoms with Gasteiger partial charge >= 0.3 is 0 Å². The minimum absolute atomic E-state index is 0.127. The Balaban J connectivity index is 2.70. The molecule has 0 fully saturated rings. The van der Waals surface area contributed by atoms with Crippen LogP contribution in [-0.2, 0) is 0 Å². The molecule has 0 heterocycles. The van der Waals surface area contributed by atoms with Gasteiger partial charge in [-0.15, -0.1) is 0 Å². The summed E-state index contributed by atoms with van der Waals surface area (Å²) in [6.45, 7) is 7.52. The van der Waals surface area contributed by atoms with Crippen molar-refractivity contribution < 1.29 is 4.74 Å². The highest BCUT2D eigenvalue weighted by atomic mass is 16.5. The van der Waals surface area contributed by atoms with Gasteiger partial charge in [0, 0.05) is 5.56 Å². The van der Waals surface area contributed by atoms with Crippen molar-refractivity contribution in [1.29, 1.82) is 0 Å². The largest absolute Gasteiger partial charge is 0.496 e. The van der Waals surface area contributed by atoms with Crippen molar-refractivity contribution >= 4 is 0 Å². The Morgan fingerprint density at radius 1 is 1.28 bits per heavy atom. The first-order chi connectivity index (χ1) is 8.76. The Hall–Kier alpha value is -1.10. The number of para-hydroxylation sites is 1. The first-order valence-electron chi connectivity index (χ1n) is 6.58. The number of hydrogen-bond donors (Lipinski definition) is 2. The topological polar surface area (TPSA) is 50.5 Å². The molecule has 1 atom stereocenters. The number of benzene rings is 1. The van der Waals surface area contributed by atoms with Crippen LogP contribution in [0.3, 0.4) is 0 Å². The molecule has 0 saturated heterocycles. The molecule has 0 bridgehead atoms. The van der Waals surface area contributed by atoms with Crippen molar-refractivity contribution in [3.05, 3.63) is 29.8 Å². The van der Waals surface area contributed by atoms with Crippen molar-refractivity contribution in [3.8, 4) is 5.75 Å². The second kappa shape index (κ2) is 8.08. The van der Waals surface area contributed by atoms with Gasteiger partial charge in [0.15, 0.2) is 0 Å². The second-order valence-electron chi connectivity index (χ2n) is 4.28. The molecule has 1 aromatic rings. The maximum absolute atomic E-state index is 5.67. The number of hydrazine groups is 1. The van der Waals surface area contributed by atoms with E-state index in [0.717, 1.165) is 37.4 Å². The molecule has 4 heteroatoms. The number of nitrogens with zero attached hydrogens (tertiary/aromatic N) is 1. The molecular formula is C14H25N3O. The molecule has 0 aliphatic carbocycles. The SMILES string of the molecule is CCN(CC)CCC(NN)c1ccccc1OC. The summed E-state index contributed by atoms with van der Waals surface area (Å²) in [5.41, 5.74) is 4.01. The van der Waals surface area contributed by atoms with Crippen molar-refractivity contribution in [2.75, 3.05) is 26.7 Å². The standard InChI is InChI=1S/C14H25N3O/c1-4-17(5-2)11-10-13(16-15)12-8-6-7-9-14(12)18-3/h6-9,13,16H,4-5,10-11,15H2,1-3H3. The first kappa shape index (κ1) is 15.0. The molecule has 18 heavy (non-hydrogen) atoms. The molecular weight excluding hydrogens is 226 g/mol. The second-order valence-corrected chi connectivity index (χ2v) is 4.28. The summed E-state index contributed by atoms with van der Waals surface area (Å²) in [6, 6.07) is 8.14. The van der Waals surface area contributed by atoms with Crippen LogP contribution < -0.4 is 16.0 Å². The Bertz CT molecular complexity index is 340. The maximum atomic E-state index is 5.67. The van der Waals surface area contributed by atoms with Gasteiger partial charge in [-0.25, -0.2) is 0 Å². The summed E-state index contributed by atoms with van der Waals surface area (Å²) < 4.78 is 5.38. The van der Waals surface area contributed by atoms with E-state index in [4.69, 9.17) is 10.6 Å². The number of nitrogens with one attached hydrogen (secondary N) is 1. The van der Waals surface area contributed by atoms with Crippen LogP contribution in [0.5, 0.6) is 5.75 Å². The lowest BCUT2D eigenvalue weighted by Crippen LogP contribution is -2.33. The minimum Gasteiger partial charge on any atom is -0.496 e. The van der Waals surface area contributed by atoms with Gasteiger partial charge < -0.3 is 9.64 Å². The lowest BCUT2D eigenvalue weighted by molar-refractivity contribution is 0.280. The van der Waals surface area contributed by atoms with E-state index in [2.05, 4.69) is 30.2 Å². The van der Waals surface area contributed by atoms with Crippen molar-refractivity contribution in [3.63, 3.8) is 0 Å². The van der Waals surface area contributed by atoms with E-state index >= 15 is 0 Å². The highest BCUT2D eigenvalue weighted by molar-refractivity contribution is 5.35. The molecule has 102 valence electrons. The molecule has 0 aliphatic rings. The van der Waals surface area contributed by atoms with Crippen LogP contribution >= 0.6 is 0 Å². The quantitative estimate of drug-likeness (QED) is 0.547.